The van der Waals surface area contributed by atoms with Crippen molar-refractivity contribution in [1.82, 2.24) is 4.31 Å². The number of anilines is 2. The molecular weight excluding hydrogens is 457 g/mol. The van der Waals surface area contributed by atoms with Gasteiger partial charge < -0.3 is 9.80 Å². The predicted molar refractivity (Wildman–Crippen MR) is 125 cm³/mol. The molecule has 0 spiro atoms. The molecule has 6 nitrogen and oxygen atoms in total. The van der Waals surface area contributed by atoms with E-state index in [0.29, 0.717) is 55.6 Å². The Kier molecular flexibility index (Phi) is 6.49. The van der Waals surface area contributed by atoms with Gasteiger partial charge in [0.25, 0.3) is 0 Å². The highest BCUT2D eigenvalue weighted by atomic mass is 35.5. The normalized spacial score (nSPS) is 17.1. The van der Waals surface area contributed by atoms with Gasteiger partial charge in [0.15, 0.2) is 0 Å². The molecule has 0 radical (unpaired) electrons. The van der Waals surface area contributed by atoms with E-state index in [-0.39, 0.29) is 10.8 Å². The van der Waals surface area contributed by atoms with Gasteiger partial charge in [-0.3, -0.25) is 4.79 Å². The first-order valence-corrected chi connectivity index (χ1v) is 12.6. The summed E-state index contributed by atoms with van der Waals surface area (Å²) in [5.74, 6) is 0.0918. The Bertz CT molecular complexity index is 1080. The van der Waals surface area contributed by atoms with Crippen molar-refractivity contribution in [3.8, 4) is 0 Å². The van der Waals surface area contributed by atoms with Gasteiger partial charge >= 0.3 is 0 Å². The average molecular weight is 482 g/mol. The second-order valence-electron chi connectivity index (χ2n) is 7.85. The van der Waals surface area contributed by atoms with E-state index in [1.54, 1.807) is 29.2 Å². The summed E-state index contributed by atoms with van der Waals surface area (Å²) in [6, 6.07) is 10.5. The molecule has 2 aromatic rings. The van der Waals surface area contributed by atoms with Gasteiger partial charge in [-0.25, -0.2) is 8.42 Å². The molecule has 1 fully saturated rings. The average Bonchev–Trinajstić information content (AvgIpc) is 3.17. The molecule has 2 aromatic carbocycles. The Morgan fingerprint density at radius 3 is 2.29 bits per heavy atom. The van der Waals surface area contributed by atoms with E-state index in [1.165, 1.54) is 4.31 Å². The monoisotopic (exact) mass is 481 g/mol. The number of sulfonamides is 1. The summed E-state index contributed by atoms with van der Waals surface area (Å²) in [5, 5.41) is 1.12. The Hall–Kier alpha value is -1.80. The van der Waals surface area contributed by atoms with Crippen LogP contribution in [0.3, 0.4) is 0 Å². The number of rotatable bonds is 5. The molecule has 9 heteroatoms. The fourth-order valence-electron chi connectivity index (χ4n) is 4.20. The third-order valence-electron chi connectivity index (χ3n) is 5.80. The molecule has 4 rings (SSSR count). The number of benzene rings is 2. The van der Waals surface area contributed by atoms with Gasteiger partial charge in [-0.15, -0.1) is 0 Å². The van der Waals surface area contributed by atoms with Crippen LogP contribution < -0.4 is 9.80 Å². The Balaban J connectivity index is 1.48. The Labute approximate surface area is 193 Å². The highest BCUT2D eigenvalue weighted by Gasteiger charge is 2.31. The van der Waals surface area contributed by atoms with Crippen molar-refractivity contribution in [3.63, 3.8) is 0 Å². The van der Waals surface area contributed by atoms with Crippen molar-refractivity contribution in [1.29, 1.82) is 0 Å². The second-order valence-corrected chi connectivity index (χ2v) is 10.7. The van der Waals surface area contributed by atoms with Crippen LogP contribution >= 0.6 is 23.2 Å². The number of nitrogens with zero attached hydrogens (tertiary/aromatic N) is 3. The lowest BCUT2D eigenvalue weighted by Gasteiger charge is -2.35. The summed E-state index contributed by atoms with van der Waals surface area (Å²) < 4.78 is 28.0. The van der Waals surface area contributed by atoms with E-state index in [4.69, 9.17) is 23.2 Å². The molecule has 2 heterocycles. The van der Waals surface area contributed by atoms with Crippen LogP contribution in [-0.2, 0) is 21.2 Å². The number of amides is 1. The molecule has 1 amide bonds. The maximum absolute atomic E-state index is 13.2. The maximum atomic E-state index is 13.2. The van der Waals surface area contributed by atoms with Crippen molar-refractivity contribution in [3.05, 3.63) is 52.0 Å². The molecule has 0 unspecified atom stereocenters. The number of hydrogen-bond donors (Lipinski definition) is 0. The van der Waals surface area contributed by atoms with Crippen LogP contribution in [0.15, 0.2) is 41.3 Å². The number of fused-ring (bicyclic) bond motifs is 1. The fourth-order valence-corrected chi connectivity index (χ4v) is 6.19. The van der Waals surface area contributed by atoms with E-state index in [2.05, 4.69) is 4.90 Å². The van der Waals surface area contributed by atoms with E-state index >= 15 is 0 Å². The molecule has 1 saturated heterocycles. The topological polar surface area (TPSA) is 60.9 Å². The number of hydrogen-bond acceptors (Lipinski definition) is 4. The van der Waals surface area contributed by atoms with E-state index in [1.807, 2.05) is 19.1 Å². The van der Waals surface area contributed by atoms with Crippen LogP contribution in [0.2, 0.25) is 10.0 Å². The summed E-state index contributed by atoms with van der Waals surface area (Å²) >= 11 is 12.2. The summed E-state index contributed by atoms with van der Waals surface area (Å²) in [5.41, 5.74) is 2.64. The maximum Gasteiger partial charge on any atom is 0.243 e. The van der Waals surface area contributed by atoms with Gasteiger partial charge in [-0.1, -0.05) is 30.1 Å². The lowest BCUT2D eigenvalue weighted by atomic mass is 10.2. The van der Waals surface area contributed by atoms with Crippen molar-refractivity contribution < 1.29 is 13.2 Å². The van der Waals surface area contributed by atoms with Gasteiger partial charge in [0.05, 0.1) is 4.90 Å². The third kappa shape index (κ3) is 4.55. The molecule has 0 aliphatic carbocycles. The highest BCUT2D eigenvalue weighted by Crippen LogP contribution is 2.32. The van der Waals surface area contributed by atoms with Gasteiger partial charge in [0.2, 0.25) is 15.9 Å². The number of halogens is 2. The van der Waals surface area contributed by atoms with Gasteiger partial charge in [0, 0.05) is 60.6 Å². The summed E-state index contributed by atoms with van der Waals surface area (Å²) in [4.78, 5) is 16.4. The zero-order chi connectivity index (χ0) is 22.2. The Morgan fingerprint density at radius 1 is 0.968 bits per heavy atom. The van der Waals surface area contributed by atoms with Crippen LogP contribution in [0.5, 0.6) is 0 Å². The van der Waals surface area contributed by atoms with Gasteiger partial charge in [0.1, 0.15) is 0 Å². The summed E-state index contributed by atoms with van der Waals surface area (Å²) in [7, 11) is -3.60. The molecule has 0 aromatic heterocycles. The van der Waals surface area contributed by atoms with Gasteiger partial charge in [-0.2, -0.15) is 4.31 Å². The number of carbonyl (C=O) groups excluding carboxylic acids is 1. The van der Waals surface area contributed by atoms with E-state index in [0.717, 1.165) is 23.4 Å². The van der Waals surface area contributed by atoms with Crippen molar-refractivity contribution in [2.24, 2.45) is 0 Å². The molecule has 0 atom stereocenters. The minimum Gasteiger partial charge on any atom is -0.369 e. The highest BCUT2D eigenvalue weighted by molar-refractivity contribution is 7.89. The first-order chi connectivity index (χ1) is 14.8. The fraction of sp³-hybridized carbons (Fsp3) is 0.409. The Morgan fingerprint density at radius 2 is 1.65 bits per heavy atom. The zero-order valence-electron chi connectivity index (χ0n) is 17.4. The first kappa shape index (κ1) is 22.4. The quantitative estimate of drug-likeness (QED) is 0.641. The SMILES string of the molecule is CCCC(=O)N1CCc2cc(S(=O)(=O)N3CCN(c4cc(Cl)cc(Cl)c4)CC3)ccc21. The van der Waals surface area contributed by atoms with E-state index < -0.39 is 10.0 Å². The van der Waals surface area contributed by atoms with Crippen LogP contribution in [0.25, 0.3) is 0 Å². The lowest BCUT2D eigenvalue weighted by molar-refractivity contribution is -0.118. The number of carbonyl (C=O) groups is 1. The third-order valence-corrected chi connectivity index (χ3v) is 8.13. The van der Waals surface area contributed by atoms with Crippen LogP contribution in [0, 0.1) is 0 Å². The molecule has 2 aliphatic rings. The minimum absolute atomic E-state index is 0.0918. The van der Waals surface area contributed by atoms with Crippen LogP contribution in [0.4, 0.5) is 11.4 Å². The van der Waals surface area contributed by atoms with Crippen molar-refractivity contribution in [2.75, 3.05) is 42.5 Å². The molecule has 0 N–H and O–H groups in total. The first-order valence-electron chi connectivity index (χ1n) is 10.4. The van der Waals surface area contributed by atoms with Crippen LogP contribution in [-0.4, -0.2) is 51.4 Å². The molecule has 166 valence electrons. The second kappa shape index (κ2) is 8.98. The predicted octanol–water partition coefficient (Wildman–Crippen LogP) is 4.19. The summed E-state index contributed by atoms with van der Waals surface area (Å²) in [6.45, 7) is 4.46. The zero-order valence-corrected chi connectivity index (χ0v) is 19.7. The molecule has 0 bridgehead atoms. The minimum atomic E-state index is -3.60. The largest absolute Gasteiger partial charge is 0.369 e. The van der Waals surface area contributed by atoms with E-state index in [9.17, 15) is 13.2 Å². The molecule has 31 heavy (non-hydrogen) atoms. The lowest BCUT2D eigenvalue weighted by Crippen LogP contribution is -2.48. The standard InChI is InChI=1S/C22H25Cl2N3O3S/c1-2-3-22(28)27-7-6-16-12-20(4-5-21(16)27)31(29,30)26-10-8-25(9-11-26)19-14-17(23)13-18(24)15-19/h4-5,12-15H,2-3,6-11H2,1H3. The van der Waals surface area contributed by atoms with Gasteiger partial charge in [-0.05, 0) is 54.8 Å². The smallest absolute Gasteiger partial charge is 0.243 e. The van der Waals surface area contributed by atoms with Crippen LogP contribution in [0.1, 0.15) is 25.3 Å². The molecular formula is C22H25Cl2N3O3S. The molecule has 0 saturated carbocycles. The van der Waals surface area contributed by atoms with Crippen molar-refractivity contribution in [2.45, 2.75) is 31.1 Å². The van der Waals surface area contributed by atoms with Crippen molar-refractivity contribution >= 4 is 50.5 Å². The number of piperazine rings is 1. The molecule has 2 aliphatic heterocycles. The summed E-state index contributed by atoms with van der Waals surface area (Å²) in [6.07, 6.45) is 1.98.